The normalized spacial score (nSPS) is 10.6. The number of nitrogens with zero attached hydrogens (tertiary/aromatic N) is 1. The van der Waals surface area contributed by atoms with E-state index in [2.05, 4.69) is 24.1 Å². The Morgan fingerprint density at radius 3 is 2.80 bits per heavy atom. The number of hydrogen-bond donors (Lipinski definition) is 2. The number of benzene rings is 1. The maximum Gasteiger partial charge on any atom is 0.258 e. The molecule has 4 nitrogen and oxygen atoms in total. The van der Waals surface area contributed by atoms with Crippen molar-refractivity contribution >= 4 is 28.9 Å². The zero-order valence-electron chi connectivity index (χ0n) is 11.4. The van der Waals surface area contributed by atoms with Gasteiger partial charge in [0.2, 0.25) is 0 Å². The first-order valence-electron chi connectivity index (χ1n) is 6.29. The van der Waals surface area contributed by atoms with Gasteiger partial charge in [-0.05, 0) is 29.7 Å². The maximum absolute atomic E-state index is 12.2. The lowest BCUT2D eigenvalue weighted by atomic mass is 10.0. The minimum absolute atomic E-state index is 0.136. The van der Waals surface area contributed by atoms with Crippen LogP contribution in [0.4, 0.5) is 11.4 Å². The molecule has 1 heterocycles. The van der Waals surface area contributed by atoms with Gasteiger partial charge in [-0.25, -0.2) is 4.98 Å². The van der Waals surface area contributed by atoms with Crippen molar-refractivity contribution < 1.29 is 4.79 Å². The highest BCUT2D eigenvalue weighted by Gasteiger charge is 2.12. The summed E-state index contributed by atoms with van der Waals surface area (Å²) in [5.74, 6) is 0.0696. The van der Waals surface area contributed by atoms with Crippen LogP contribution in [0.1, 0.15) is 35.7 Å². The van der Waals surface area contributed by atoms with E-state index in [1.165, 1.54) is 12.3 Å². The lowest BCUT2D eigenvalue weighted by molar-refractivity contribution is 0.102. The van der Waals surface area contributed by atoms with E-state index in [4.69, 9.17) is 17.3 Å². The Balaban J connectivity index is 2.23. The van der Waals surface area contributed by atoms with Gasteiger partial charge < -0.3 is 11.1 Å². The zero-order valence-corrected chi connectivity index (χ0v) is 12.1. The molecule has 0 fully saturated rings. The van der Waals surface area contributed by atoms with Crippen molar-refractivity contribution in [2.75, 3.05) is 11.1 Å². The number of nitrogen functional groups attached to an aromatic ring is 1. The summed E-state index contributed by atoms with van der Waals surface area (Å²) in [4.78, 5) is 16.0. The first-order chi connectivity index (χ1) is 9.47. The van der Waals surface area contributed by atoms with Crippen LogP contribution in [0.5, 0.6) is 0 Å². The molecular formula is C15H16ClN3O. The molecule has 1 aromatic heterocycles. The van der Waals surface area contributed by atoms with Gasteiger partial charge in [0, 0.05) is 5.69 Å². The van der Waals surface area contributed by atoms with Crippen LogP contribution >= 0.6 is 11.6 Å². The number of rotatable bonds is 3. The van der Waals surface area contributed by atoms with Crippen molar-refractivity contribution in [2.45, 2.75) is 19.8 Å². The van der Waals surface area contributed by atoms with E-state index in [-0.39, 0.29) is 16.6 Å². The predicted octanol–water partition coefficient (Wildman–Crippen LogP) is 3.69. The molecule has 0 radical (unpaired) electrons. The highest BCUT2D eigenvalue weighted by molar-refractivity contribution is 6.33. The van der Waals surface area contributed by atoms with Gasteiger partial charge in [-0.15, -0.1) is 0 Å². The average molecular weight is 290 g/mol. The quantitative estimate of drug-likeness (QED) is 0.847. The minimum atomic E-state index is -0.323. The van der Waals surface area contributed by atoms with Crippen LogP contribution in [0.2, 0.25) is 5.15 Å². The highest BCUT2D eigenvalue weighted by atomic mass is 35.5. The molecule has 104 valence electrons. The molecular weight excluding hydrogens is 274 g/mol. The van der Waals surface area contributed by atoms with Crippen molar-refractivity contribution in [1.82, 2.24) is 4.98 Å². The summed E-state index contributed by atoms with van der Waals surface area (Å²) in [6.07, 6.45) is 1.42. The zero-order chi connectivity index (χ0) is 14.7. The number of aromatic nitrogens is 1. The molecule has 0 spiro atoms. The standard InChI is InChI=1S/C15H16ClN3O/c1-9(2)10-4-3-5-12(6-10)19-15(20)13-7-11(17)8-18-14(13)16/h3-9H,17H2,1-2H3,(H,19,20). The lowest BCUT2D eigenvalue weighted by Gasteiger charge is -2.10. The molecule has 20 heavy (non-hydrogen) atoms. The van der Waals surface area contributed by atoms with Crippen molar-refractivity contribution in [1.29, 1.82) is 0 Å². The molecule has 0 aliphatic rings. The number of amides is 1. The van der Waals surface area contributed by atoms with E-state index in [1.54, 1.807) is 0 Å². The fraction of sp³-hybridized carbons (Fsp3) is 0.200. The van der Waals surface area contributed by atoms with E-state index in [0.717, 1.165) is 11.3 Å². The van der Waals surface area contributed by atoms with E-state index >= 15 is 0 Å². The molecule has 0 unspecified atom stereocenters. The molecule has 0 bridgehead atoms. The van der Waals surface area contributed by atoms with E-state index in [9.17, 15) is 4.79 Å². The maximum atomic E-state index is 12.2. The van der Waals surface area contributed by atoms with Crippen molar-refractivity contribution in [3.63, 3.8) is 0 Å². The summed E-state index contributed by atoms with van der Waals surface area (Å²) in [6.45, 7) is 4.19. The summed E-state index contributed by atoms with van der Waals surface area (Å²) in [7, 11) is 0. The summed E-state index contributed by atoms with van der Waals surface area (Å²) in [5.41, 5.74) is 8.16. The highest BCUT2D eigenvalue weighted by Crippen LogP contribution is 2.21. The SMILES string of the molecule is CC(C)c1cccc(NC(=O)c2cc(N)cnc2Cl)c1. The monoisotopic (exact) mass is 289 g/mol. The van der Waals surface area contributed by atoms with Gasteiger partial charge in [-0.1, -0.05) is 37.6 Å². The Bertz CT molecular complexity index is 641. The molecule has 2 aromatic rings. The summed E-state index contributed by atoms with van der Waals surface area (Å²) in [5, 5.41) is 2.94. The van der Waals surface area contributed by atoms with Gasteiger partial charge in [0.25, 0.3) is 5.91 Å². The second kappa shape index (κ2) is 5.92. The third kappa shape index (κ3) is 3.27. The molecule has 1 amide bonds. The number of pyridine rings is 1. The Hall–Kier alpha value is -2.07. The summed E-state index contributed by atoms with van der Waals surface area (Å²) in [6, 6.07) is 9.21. The number of carbonyl (C=O) groups is 1. The van der Waals surface area contributed by atoms with Crippen LogP contribution in [0.25, 0.3) is 0 Å². The van der Waals surface area contributed by atoms with Crippen molar-refractivity contribution in [2.24, 2.45) is 0 Å². The van der Waals surface area contributed by atoms with Crippen LogP contribution in [0.15, 0.2) is 36.5 Å². The fourth-order valence-electron chi connectivity index (χ4n) is 1.80. The van der Waals surface area contributed by atoms with Crippen LogP contribution in [-0.4, -0.2) is 10.9 Å². The molecule has 0 atom stereocenters. The van der Waals surface area contributed by atoms with Crippen LogP contribution in [0.3, 0.4) is 0 Å². The fourth-order valence-corrected chi connectivity index (χ4v) is 1.99. The molecule has 1 aromatic carbocycles. The molecule has 2 rings (SSSR count). The van der Waals surface area contributed by atoms with Crippen LogP contribution in [-0.2, 0) is 0 Å². The summed E-state index contributed by atoms with van der Waals surface area (Å²) < 4.78 is 0. The number of carbonyl (C=O) groups excluding carboxylic acids is 1. The second-order valence-corrected chi connectivity index (χ2v) is 5.20. The van der Waals surface area contributed by atoms with Crippen LogP contribution < -0.4 is 11.1 Å². The van der Waals surface area contributed by atoms with Crippen molar-refractivity contribution in [3.8, 4) is 0 Å². The number of hydrogen-bond acceptors (Lipinski definition) is 3. The molecule has 0 aliphatic carbocycles. The van der Waals surface area contributed by atoms with Gasteiger partial charge >= 0.3 is 0 Å². The molecule has 0 saturated heterocycles. The molecule has 0 saturated carbocycles. The number of anilines is 2. The third-order valence-corrected chi connectivity index (χ3v) is 3.22. The third-order valence-electron chi connectivity index (χ3n) is 2.92. The Morgan fingerprint density at radius 2 is 2.10 bits per heavy atom. The Labute approximate surface area is 123 Å². The summed E-state index contributed by atoms with van der Waals surface area (Å²) >= 11 is 5.91. The van der Waals surface area contributed by atoms with Gasteiger partial charge in [-0.3, -0.25) is 4.79 Å². The van der Waals surface area contributed by atoms with Gasteiger partial charge in [0.15, 0.2) is 0 Å². The van der Waals surface area contributed by atoms with E-state index in [1.807, 2.05) is 24.3 Å². The second-order valence-electron chi connectivity index (χ2n) is 4.84. The molecule has 0 aliphatic heterocycles. The first kappa shape index (κ1) is 14.3. The largest absolute Gasteiger partial charge is 0.397 e. The number of halogens is 1. The van der Waals surface area contributed by atoms with E-state index < -0.39 is 0 Å². The minimum Gasteiger partial charge on any atom is -0.397 e. The lowest BCUT2D eigenvalue weighted by Crippen LogP contribution is -2.13. The van der Waals surface area contributed by atoms with E-state index in [0.29, 0.717) is 11.6 Å². The van der Waals surface area contributed by atoms with Crippen LogP contribution in [0, 0.1) is 0 Å². The molecule has 5 heteroatoms. The van der Waals surface area contributed by atoms with Gasteiger partial charge in [0.05, 0.1) is 17.4 Å². The van der Waals surface area contributed by atoms with Gasteiger partial charge in [-0.2, -0.15) is 0 Å². The first-order valence-corrected chi connectivity index (χ1v) is 6.67. The average Bonchev–Trinajstić information content (AvgIpc) is 2.41. The smallest absolute Gasteiger partial charge is 0.258 e. The van der Waals surface area contributed by atoms with Crippen molar-refractivity contribution in [3.05, 3.63) is 52.8 Å². The molecule has 3 N–H and O–H groups in total. The predicted molar refractivity (Wildman–Crippen MR) is 82.1 cm³/mol. The topological polar surface area (TPSA) is 68.0 Å². The number of nitrogens with two attached hydrogens (primary N) is 1. The Morgan fingerprint density at radius 1 is 1.35 bits per heavy atom. The van der Waals surface area contributed by atoms with Gasteiger partial charge in [0.1, 0.15) is 5.15 Å². The Kier molecular flexibility index (Phi) is 4.25. The number of nitrogens with one attached hydrogen (secondary N) is 1.